The Labute approximate surface area is 133 Å². The lowest BCUT2D eigenvalue weighted by atomic mass is 10.00. The van der Waals surface area contributed by atoms with Gasteiger partial charge < -0.3 is 0 Å². The molecule has 0 saturated heterocycles. The van der Waals surface area contributed by atoms with Gasteiger partial charge in [-0.05, 0) is 52.2 Å². The fourth-order valence-corrected chi connectivity index (χ4v) is 1.63. The van der Waals surface area contributed by atoms with Gasteiger partial charge in [-0.15, -0.1) is 11.6 Å². The first-order valence-corrected chi connectivity index (χ1v) is 7.87. The highest BCUT2D eigenvalue weighted by Crippen LogP contribution is 2.12. The lowest BCUT2D eigenvalue weighted by molar-refractivity contribution is -0.120. The molecule has 2 rings (SSSR count). The summed E-state index contributed by atoms with van der Waals surface area (Å²) in [6.07, 6.45) is 5.24. The molecule has 0 aromatic heterocycles. The van der Waals surface area contributed by atoms with Crippen molar-refractivity contribution >= 4 is 29.0 Å². The van der Waals surface area contributed by atoms with Crippen LogP contribution in [0.25, 0.3) is 0 Å². The van der Waals surface area contributed by atoms with Gasteiger partial charge in [-0.25, -0.2) is 0 Å². The third-order valence-corrected chi connectivity index (χ3v) is 2.91. The van der Waals surface area contributed by atoms with E-state index in [0.717, 1.165) is 36.3 Å². The van der Waals surface area contributed by atoms with E-state index >= 15 is 0 Å². The van der Waals surface area contributed by atoms with Crippen molar-refractivity contribution < 1.29 is 4.79 Å². The number of carbonyl (C=O) groups is 1. The summed E-state index contributed by atoms with van der Waals surface area (Å²) in [6.45, 7) is 7.85. The summed E-state index contributed by atoms with van der Waals surface area (Å²) < 4.78 is 0. The number of carbonyl (C=O) groups excluding carboxylic acids is 1. The highest BCUT2D eigenvalue weighted by molar-refractivity contribution is 6.31. The van der Waals surface area contributed by atoms with Crippen molar-refractivity contribution in [2.45, 2.75) is 64.7 Å². The van der Waals surface area contributed by atoms with Crippen molar-refractivity contribution in [3.63, 3.8) is 0 Å². The molecule has 1 saturated carbocycles. The van der Waals surface area contributed by atoms with Gasteiger partial charge in [-0.2, -0.15) is 0 Å². The second-order valence-corrected chi connectivity index (χ2v) is 7.46. The number of Topliss-reactive ketones (excluding diaryl/α,β-unsaturated/α-hetero) is 1. The largest absolute Gasteiger partial charge is 0.300 e. The third-order valence-electron chi connectivity index (χ3n) is 2.49. The summed E-state index contributed by atoms with van der Waals surface area (Å²) >= 11 is 11.2. The topological polar surface area (TPSA) is 17.1 Å². The number of hydrogen-bond donors (Lipinski definition) is 0. The van der Waals surface area contributed by atoms with E-state index in [2.05, 4.69) is 0 Å². The molecule has 0 unspecified atom stereocenters. The van der Waals surface area contributed by atoms with Crippen molar-refractivity contribution in [3.8, 4) is 0 Å². The number of alkyl halides is 1. The summed E-state index contributed by atoms with van der Waals surface area (Å²) in [5, 5.41) is 0.840. The van der Waals surface area contributed by atoms with Crippen LogP contribution < -0.4 is 0 Å². The Morgan fingerprint density at radius 1 is 1.00 bits per heavy atom. The van der Waals surface area contributed by atoms with Gasteiger partial charge in [-0.1, -0.05) is 36.2 Å². The van der Waals surface area contributed by atoms with Crippen molar-refractivity contribution in [3.05, 3.63) is 34.9 Å². The van der Waals surface area contributed by atoms with Gasteiger partial charge >= 0.3 is 0 Å². The number of hydrogen-bond acceptors (Lipinski definition) is 1. The number of ketones is 1. The first-order chi connectivity index (χ1) is 9.20. The van der Waals surface area contributed by atoms with Crippen LogP contribution in [0.15, 0.2) is 24.3 Å². The summed E-state index contributed by atoms with van der Waals surface area (Å²) in [4.78, 5) is 10.4. The molecule has 0 radical (unpaired) electrons. The normalized spacial score (nSPS) is 14.6. The molecular weight excluding hydrogens is 291 g/mol. The predicted molar refractivity (Wildman–Crippen MR) is 89.9 cm³/mol. The minimum absolute atomic E-state index is 0.0278. The van der Waals surface area contributed by atoms with Crippen molar-refractivity contribution in [1.82, 2.24) is 0 Å². The van der Waals surface area contributed by atoms with Crippen LogP contribution in [-0.2, 0) is 4.79 Å². The van der Waals surface area contributed by atoms with E-state index in [1.165, 1.54) is 6.42 Å². The Hall–Kier alpha value is -0.530. The molecule has 1 aromatic rings. The van der Waals surface area contributed by atoms with Crippen LogP contribution in [0.1, 0.15) is 58.4 Å². The number of benzene rings is 1. The third kappa shape index (κ3) is 13.9. The molecule has 1 aliphatic rings. The van der Waals surface area contributed by atoms with Crippen molar-refractivity contribution in [2.24, 2.45) is 0 Å². The van der Waals surface area contributed by atoms with Gasteiger partial charge in [0.2, 0.25) is 0 Å². The smallest absolute Gasteiger partial charge is 0.132 e. The van der Waals surface area contributed by atoms with E-state index in [4.69, 9.17) is 23.2 Å². The summed E-state index contributed by atoms with van der Waals surface area (Å²) in [5.74, 6) is 0.464. The first-order valence-electron chi connectivity index (χ1n) is 7.12. The van der Waals surface area contributed by atoms with E-state index in [9.17, 15) is 4.79 Å². The molecule has 0 aliphatic heterocycles. The standard InChI is InChI=1S/C7H7Cl.C6H10O.C4H9Cl/c1-6-4-2-3-5-7(6)8;7-6-4-2-1-3-5-6;1-4(2,3)5/h2-5H,1H3;1-5H2;1-3H3. The van der Waals surface area contributed by atoms with Gasteiger partial charge in [0.25, 0.3) is 0 Å². The summed E-state index contributed by atoms with van der Waals surface area (Å²) in [5.41, 5.74) is 1.13. The average Bonchev–Trinajstić information content (AvgIpc) is 2.33. The second-order valence-electron chi connectivity index (χ2n) is 5.92. The molecule has 20 heavy (non-hydrogen) atoms. The summed E-state index contributed by atoms with van der Waals surface area (Å²) in [7, 11) is 0. The van der Waals surface area contributed by atoms with Gasteiger partial charge in [0.15, 0.2) is 0 Å². The number of aryl methyl sites for hydroxylation is 1. The first kappa shape index (κ1) is 19.5. The zero-order valence-electron chi connectivity index (χ0n) is 13.0. The molecule has 114 valence electrons. The SMILES string of the molecule is CC(C)(C)Cl.Cc1ccccc1Cl.O=C1CCCCC1. The molecule has 0 spiro atoms. The van der Waals surface area contributed by atoms with E-state index in [1.54, 1.807) is 0 Å². The maximum Gasteiger partial charge on any atom is 0.132 e. The second kappa shape index (κ2) is 10.2. The van der Waals surface area contributed by atoms with Crippen LogP contribution in [0.5, 0.6) is 0 Å². The van der Waals surface area contributed by atoms with Gasteiger partial charge in [-0.3, -0.25) is 4.79 Å². The van der Waals surface area contributed by atoms with Crippen LogP contribution >= 0.6 is 23.2 Å². The Kier molecular flexibility index (Phi) is 9.96. The minimum atomic E-state index is -0.0278. The molecule has 0 atom stereocenters. The molecule has 0 N–H and O–H groups in total. The Morgan fingerprint density at radius 2 is 1.45 bits per heavy atom. The van der Waals surface area contributed by atoms with Crippen LogP contribution in [-0.4, -0.2) is 10.7 Å². The van der Waals surface area contributed by atoms with Gasteiger partial charge in [0.1, 0.15) is 5.78 Å². The quantitative estimate of drug-likeness (QED) is 0.521. The zero-order chi connectivity index (χ0) is 15.6. The highest BCUT2D eigenvalue weighted by atomic mass is 35.5. The zero-order valence-corrected chi connectivity index (χ0v) is 14.5. The molecule has 0 amide bonds. The predicted octanol–water partition coefficient (Wildman–Crippen LogP) is 6.19. The van der Waals surface area contributed by atoms with Gasteiger partial charge in [0, 0.05) is 22.7 Å². The summed E-state index contributed by atoms with van der Waals surface area (Å²) in [6, 6.07) is 7.77. The molecule has 1 aliphatic carbocycles. The lowest BCUT2D eigenvalue weighted by Crippen LogP contribution is -2.02. The Balaban J connectivity index is 0.000000280. The highest BCUT2D eigenvalue weighted by Gasteiger charge is 2.06. The average molecular weight is 317 g/mol. The maximum atomic E-state index is 10.5. The van der Waals surface area contributed by atoms with Crippen LogP contribution in [0.4, 0.5) is 0 Å². The number of halogens is 2. The minimum Gasteiger partial charge on any atom is -0.300 e. The fourth-order valence-electron chi connectivity index (χ4n) is 1.50. The van der Waals surface area contributed by atoms with Crippen LogP contribution in [0, 0.1) is 6.92 Å². The maximum absolute atomic E-state index is 10.5. The van der Waals surface area contributed by atoms with Crippen molar-refractivity contribution in [2.75, 3.05) is 0 Å². The van der Waals surface area contributed by atoms with E-state index < -0.39 is 0 Å². The molecule has 0 heterocycles. The molecule has 3 heteroatoms. The van der Waals surface area contributed by atoms with Crippen molar-refractivity contribution in [1.29, 1.82) is 0 Å². The van der Waals surface area contributed by atoms with E-state index in [0.29, 0.717) is 5.78 Å². The molecule has 1 fully saturated rings. The molecule has 1 nitrogen and oxygen atoms in total. The monoisotopic (exact) mass is 316 g/mol. The van der Waals surface area contributed by atoms with Crippen LogP contribution in [0.3, 0.4) is 0 Å². The van der Waals surface area contributed by atoms with E-state index in [-0.39, 0.29) is 4.87 Å². The fraction of sp³-hybridized carbons (Fsp3) is 0.588. The molecular formula is C17H26Cl2O. The van der Waals surface area contributed by atoms with E-state index in [1.807, 2.05) is 52.0 Å². The molecule has 0 bridgehead atoms. The lowest BCUT2D eigenvalue weighted by Gasteiger charge is -2.05. The molecule has 1 aromatic carbocycles. The number of rotatable bonds is 0. The van der Waals surface area contributed by atoms with Gasteiger partial charge in [0.05, 0.1) is 0 Å². The Morgan fingerprint density at radius 3 is 1.70 bits per heavy atom. The Bertz CT molecular complexity index is 359. The van der Waals surface area contributed by atoms with Crippen LogP contribution in [0.2, 0.25) is 5.02 Å².